The van der Waals surface area contributed by atoms with E-state index in [1.54, 1.807) is 18.7 Å². The minimum Gasteiger partial charge on any atom is -0.389 e. The zero-order valence-corrected chi connectivity index (χ0v) is 11.7. The van der Waals surface area contributed by atoms with Crippen molar-refractivity contribution in [1.82, 2.24) is 4.90 Å². The number of amides is 1. The Hall–Kier alpha value is -1.35. The van der Waals surface area contributed by atoms with Crippen LogP contribution in [-0.4, -0.2) is 34.6 Å². The van der Waals surface area contributed by atoms with Crippen molar-refractivity contribution in [3.63, 3.8) is 0 Å². The lowest BCUT2D eigenvalue weighted by molar-refractivity contribution is 0.0314. The van der Waals surface area contributed by atoms with Gasteiger partial charge in [0.05, 0.1) is 5.60 Å². The minimum absolute atomic E-state index is 0.00271. The van der Waals surface area contributed by atoms with Gasteiger partial charge in [0.25, 0.3) is 5.91 Å². The Morgan fingerprint density at radius 1 is 1.28 bits per heavy atom. The van der Waals surface area contributed by atoms with Crippen LogP contribution in [-0.2, 0) is 6.42 Å². The molecule has 18 heavy (non-hydrogen) atoms. The second-order valence-electron chi connectivity index (χ2n) is 5.14. The average molecular weight is 249 g/mol. The summed E-state index contributed by atoms with van der Waals surface area (Å²) in [6.07, 6.45) is 0.835. The van der Waals surface area contributed by atoms with Gasteiger partial charge < -0.3 is 10.0 Å². The van der Waals surface area contributed by atoms with E-state index in [9.17, 15) is 9.90 Å². The third-order valence-corrected chi connectivity index (χ3v) is 2.88. The molecule has 0 aliphatic rings. The molecule has 0 unspecified atom stereocenters. The normalized spacial score (nSPS) is 11.4. The second kappa shape index (κ2) is 6.01. The van der Waals surface area contributed by atoms with Crippen molar-refractivity contribution in [2.75, 3.05) is 13.1 Å². The van der Waals surface area contributed by atoms with Gasteiger partial charge in [-0.1, -0.05) is 25.1 Å². The van der Waals surface area contributed by atoms with Crippen molar-refractivity contribution < 1.29 is 9.90 Å². The van der Waals surface area contributed by atoms with Crippen molar-refractivity contribution in [2.45, 2.75) is 39.7 Å². The maximum Gasteiger partial charge on any atom is 0.254 e. The predicted molar refractivity (Wildman–Crippen MR) is 73.7 cm³/mol. The first-order valence-corrected chi connectivity index (χ1v) is 6.48. The number of aryl methyl sites for hydroxylation is 1. The van der Waals surface area contributed by atoms with Crippen molar-refractivity contribution in [2.24, 2.45) is 0 Å². The van der Waals surface area contributed by atoms with Crippen LogP contribution in [0, 0.1) is 0 Å². The highest BCUT2D eigenvalue weighted by Crippen LogP contribution is 2.14. The standard InChI is InChI=1S/C15H23NO2/c1-5-12-9-7-8-10-13(12)14(17)16(6-2)11-15(3,4)18/h7-10,18H,5-6,11H2,1-4H3. The van der Waals surface area contributed by atoms with Gasteiger partial charge in [-0.3, -0.25) is 4.79 Å². The summed E-state index contributed by atoms with van der Waals surface area (Å²) in [7, 11) is 0. The molecular weight excluding hydrogens is 226 g/mol. The first-order valence-electron chi connectivity index (χ1n) is 6.48. The summed E-state index contributed by atoms with van der Waals surface area (Å²) in [6, 6.07) is 7.66. The summed E-state index contributed by atoms with van der Waals surface area (Å²) in [4.78, 5) is 14.1. The van der Waals surface area contributed by atoms with Crippen molar-refractivity contribution >= 4 is 5.91 Å². The molecule has 0 heterocycles. The van der Waals surface area contributed by atoms with Crippen molar-refractivity contribution in [3.05, 3.63) is 35.4 Å². The Balaban J connectivity index is 2.97. The van der Waals surface area contributed by atoms with E-state index in [-0.39, 0.29) is 5.91 Å². The summed E-state index contributed by atoms with van der Waals surface area (Å²) in [6.45, 7) is 8.35. The van der Waals surface area contributed by atoms with Crippen LogP contribution >= 0.6 is 0 Å². The Kier molecular flexibility index (Phi) is 4.91. The molecule has 3 nitrogen and oxygen atoms in total. The van der Waals surface area contributed by atoms with E-state index >= 15 is 0 Å². The van der Waals surface area contributed by atoms with Gasteiger partial charge in [-0.2, -0.15) is 0 Å². The quantitative estimate of drug-likeness (QED) is 0.871. The molecule has 1 aromatic rings. The highest BCUT2D eigenvalue weighted by atomic mass is 16.3. The van der Waals surface area contributed by atoms with Crippen LogP contribution in [0.1, 0.15) is 43.6 Å². The number of carbonyl (C=O) groups excluding carboxylic acids is 1. The number of aliphatic hydroxyl groups is 1. The molecule has 0 radical (unpaired) electrons. The molecule has 1 amide bonds. The highest BCUT2D eigenvalue weighted by molar-refractivity contribution is 5.95. The molecule has 0 spiro atoms. The molecule has 0 aliphatic heterocycles. The molecular formula is C15H23NO2. The maximum absolute atomic E-state index is 12.4. The smallest absolute Gasteiger partial charge is 0.254 e. The van der Waals surface area contributed by atoms with Crippen LogP contribution in [0.3, 0.4) is 0 Å². The Morgan fingerprint density at radius 3 is 2.39 bits per heavy atom. The lowest BCUT2D eigenvalue weighted by Gasteiger charge is -2.28. The van der Waals surface area contributed by atoms with Gasteiger partial charge in [-0.05, 0) is 38.8 Å². The van der Waals surface area contributed by atoms with E-state index < -0.39 is 5.60 Å². The molecule has 1 N–H and O–H groups in total. The molecule has 3 heteroatoms. The lowest BCUT2D eigenvalue weighted by Crippen LogP contribution is -2.42. The van der Waals surface area contributed by atoms with Gasteiger partial charge in [0.2, 0.25) is 0 Å². The predicted octanol–water partition coefficient (Wildman–Crippen LogP) is 2.48. The maximum atomic E-state index is 12.4. The third kappa shape index (κ3) is 3.84. The lowest BCUT2D eigenvalue weighted by atomic mass is 10.0. The largest absolute Gasteiger partial charge is 0.389 e. The van der Waals surface area contributed by atoms with Gasteiger partial charge in [-0.15, -0.1) is 0 Å². The van der Waals surface area contributed by atoms with E-state index in [1.807, 2.05) is 38.1 Å². The van der Waals surface area contributed by atoms with E-state index in [0.717, 1.165) is 17.5 Å². The van der Waals surface area contributed by atoms with Crippen molar-refractivity contribution in [1.29, 1.82) is 0 Å². The summed E-state index contributed by atoms with van der Waals surface area (Å²) in [5, 5.41) is 9.85. The molecule has 0 atom stereocenters. The third-order valence-electron chi connectivity index (χ3n) is 2.88. The Morgan fingerprint density at radius 2 is 1.89 bits per heavy atom. The fourth-order valence-corrected chi connectivity index (χ4v) is 2.00. The average Bonchev–Trinajstić information content (AvgIpc) is 2.34. The van der Waals surface area contributed by atoms with E-state index in [4.69, 9.17) is 0 Å². The SMILES string of the molecule is CCc1ccccc1C(=O)N(CC)CC(C)(C)O. The molecule has 0 saturated carbocycles. The fourth-order valence-electron chi connectivity index (χ4n) is 2.00. The number of benzene rings is 1. The van der Waals surface area contributed by atoms with Crippen LogP contribution in [0.2, 0.25) is 0 Å². The Labute approximate surface area is 109 Å². The molecule has 1 aromatic carbocycles. The van der Waals surface area contributed by atoms with Gasteiger partial charge in [0, 0.05) is 18.7 Å². The monoisotopic (exact) mass is 249 g/mol. The minimum atomic E-state index is -0.868. The number of carbonyl (C=O) groups is 1. The van der Waals surface area contributed by atoms with Crippen molar-refractivity contribution in [3.8, 4) is 0 Å². The number of hydrogen-bond donors (Lipinski definition) is 1. The number of nitrogens with zero attached hydrogens (tertiary/aromatic N) is 1. The number of rotatable bonds is 5. The molecule has 1 rings (SSSR count). The first-order chi connectivity index (χ1) is 8.39. The molecule has 0 aliphatic carbocycles. The topological polar surface area (TPSA) is 40.5 Å². The number of likely N-dealkylation sites (N-methyl/N-ethyl adjacent to an activating group) is 1. The molecule has 0 saturated heterocycles. The molecule has 100 valence electrons. The number of hydrogen-bond acceptors (Lipinski definition) is 2. The van der Waals surface area contributed by atoms with Gasteiger partial charge >= 0.3 is 0 Å². The van der Waals surface area contributed by atoms with E-state index in [1.165, 1.54) is 0 Å². The van der Waals surface area contributed by atoms with Crippen LogP contribution in [0.5, 0.6) is 0 Å². The van der Waals surface area contributed by atoms with Gasteiger partial charge in [0.1, 0.15) is 0 Å². The van der Waals surface area contributed by atoms with Crippen LogP contribution in [0.25, 0.3) is 0 Å². The second-order valence-corrected chi connectivity index (χ2v) is 5.14. The van der Waals surface area contributed by atoms with Crippen LogP contribution in [0.4, 0.5) is 0 Å². The zero-order valence-electron chi connectivity index (χ0n) is 11.7. The van der Waals surface area contributed by atoms with Crippen LogP contribution in [0.15, 0.2) is 24.3 Å². The van der Waals surface area contributed by atoms with E-state index in [2.05, 4.69) is 0 Å². The molecule has 0 bridgehead atoms. The fraction of sp³-hybridized carbons (Fsp3) is 0.533. The molecule has 0 fully saturated rings. The summed E-state index contributed by atoms with van der Waals surface area (Å²) in [5.74, 6) is -0.00271. The van der Waals surface area contributed by atoms with Crippen LogP contribution < -0.4 is 0 Å². The molecule has 0 aromatic heterocycles. The summed E-state index contributed by atoms with van der Waals surface area (Å²) < 4.78 is 0. The highest BCUT2D eigenvalue weighted by Gasteiger charge is 2.23. The van der Waals surface area contributed by atoms with Gasteiger partial charge in [-0.25, -0.2) is 0 Å². The summed E-state index contributed by atoms with van der Waals surface area (Å²) in [5.41, 5.74) is 0.926. The summed E-state index contributed by atoms with van der Waals surface area (Å²) >= 11 is 0. The van der Waals surface area contributed by atoms with Gasteiger partial charge in [0.15, 0.2) is 0 Å². The zero-order chi connectivity index (χ0) is 13.8. The first kappa shape index (κ1) is 14.7. The van der Waals surface area contributed by atoms with E-state index in [0.29, 0.717) is 13.1 Å². The Bertz CT molecular complexity index is 407.